The standard InChI is InChI=1S/C21H21FN4O3S/c1-4-26-20(13-24-21(26)29-17-7-5-14(2)6-8-17)15(3)25-30(27,28)18-9-10-19(22)16(11-18)12-23/h5-11,13,15,25H,4H2,1-3H3. The third-order valence-electron chi connectivity index (χ3n) is 4.54. The molecule has 1 unspecified atom stereocenters. The molecule has 30 heavy (non-hydrogen) atoms. The second-order valence-corrected chi connectivity index (χ2v) is 8.44. The molecule has 0 aliphatic heterocycles. The minimum atomic E-state index is -3.99. The van der Waals surface area contributed by atoms with Crippen molar-refractivity contribution >= 4 is 10.0 Å². The fourth-order valence-electron chi connectivity index (χ4n) is 2.95. The lowest BCUT2D eigenvalue weighted by atomic mass is 10.2. The first-order chi connectivity index (χ1) is 14.2. The number of sulfonamides is 1. The third-order valence-corrected chi connectivity index (χ3v) is 6.08. The van der Waals surface area contributed by atoms with E-state index in [1.807, 2.05) is 38.1 Å². The van der Waals surface area contributed by atoms with Gasteiger partial charge in [0.05, 0.1) is 28.4 Å². The van der Waals surface area contributed by atoms with Crippen LogP contribution in [-0.2, 0) is 16.6 Å². The van der Waals surface area contributed by atoms with E-state index in [-0.39, 0.29) is 10.5 Å². The quantitative estimate of drug-likeness (QED) is 0.612. The monoisotopic (exact) mass is 428 g/mol. The van der Waals surface area contributed by atoms with Crippen LogP contribution in [0, 0.1) is 24.1 Å². The number of nitrogens with zero attached hydrogens (tertiary/aromatic N) is 3. The van der Waals surface area contributed by atoms with Gasteiger partial charge in [0.15, 0.2) is 0 Å². The van der Waals surface area contributed by atoms with E-state index >= 15 is 0 Å². The van der Waals surface area contributed by atoms with E-state index in [1.54, 1.807) is 23.8 Å². The number of rotatable bonds is 7. The highest BCUT2D eigenvalue weighted by molar-refractivity contribution is 7.89. The summed E-state index contributed by atoms with van der Waals surface area (Å²) in [5.74, 6) is -0.150. The molecule has 0 saturated heterocycles. The fraction of sp³-hybridized carbons (Fsp3) is 0.238. The molecule has 2 aromatic carbocycles. The Hall–Kier alpha value is -3.22. The zero-order chi connectivity index (χ0) is 21.9. The number of ether oxygens (including phenoxy) is 1. The van der Waals surface area contributed by atoms with Gasteiger partial charge in [0.2, 0.25) is 10.0 Å². The van der Waals surface area contributed by atoms with Crippen molar-refractivity contribution in [3.05, 3.63) is 71.3 Å². The second-order valence-electron chi connectivity index (χ2n) is 6.72. The summed E-state index contributed by atoms with van der Waals surface area (Å²) in [5.41, 5.74) is 1.37. The molecule has 3 rings (SSSR count). The van der Waals surface area contributed by atoms with Crippen LogP contribution in [0.25, 0.3) is 0 Å². The molecule has 0 aliphatic carbocycles. The van der Waals surface area contributed by atoms with Crippen LogP contribution >= 0.6 is 0 Å². The Balaban J connectivity index is 1.84. The number of hydrogen-bond donors (Lipinski definition) is 1. The molecule has 1 N–H and O–H groups in total. The molecule has 3 aromatic rings. The summed E-state index contributed by atoms with van der Waals surface area (Å²) in [7, 11) is -3.99. The Kier molecular flexibility index (Phi) is 6.20. The zero-order valence-electron chi connectivity index (χ0n) is 16.8. The highest BCUT2D eigenvalue weighted by Crippen LogP contribution is 2.26. The average molecular weight is 428 g/mol. The van der Waals surface area contributed by atoms with Gasteiger partial charge in [0.1, 0.15) is 17.6 Å². The van der Waals surface area contributed by atoms with Crippen LogP contribution in [0.4, 0.5) is 4.39 Å². The van der Waals surface area contributed by atoms with E-state index in [9.17, 15) is 12.8 Å². The number of hydrogen-bond acceptors (Lipinski definition) is 5. The molecule has 7 nitrogen and oxygen atoms in total. The van der Waals surface area contributed by atoms with Gasteiger partial charge in [-0.25, -0.2) is 22.5 Å². The van der Waals surface area contributed by atoms with Crippen molar-refractivity contribution < 1.29 is 17.5 Å². The minimum absolute atomic E-state index is 0.189. The second kappa shape index (κ2) is 8.65. The van der Waals surface area contributed by atoms with Crippen LogP contribution in [0.2, 0.25) is 0 Å². The van der Waals surface area contributed by atoms with Crippen LogP contribution in [0.3, 0.4) is 0 Å². The molecule has 1 aromatic heterocycles. The predicted octanol–water partition coefficient (Wildman–Crippen LogP) is 4.05. The van der Waals surface area contributed by atoms with Crippen LogP contribution in [0.5, 0.6) is 11.8 Å². The van der Waals surface area contributed by atoms with Gasteiger partial charge in [-0.05, 0) is 51.1 Å². The SMILES string of the molecule is CCn1c(C(C)NS(=O)(=O)c2ccc(F)c(C#N)c2)cnc1Oc1ccc(C)cc1. The first kappa shape index (κ1) is 21.5. The largest absolute Gasteiger partial charge is 0.426 e. The van der Waals surface area contributed by atoms with Crippen molar-refractivity contribution in [2.45, 2.75) is 38.3 Å². The Labute approximate surface area is 174 Å². The molecule has 1 heterocycles. The summed E-state index contributed by atoms with van der Waals surface area (Å²) in [6.45, 7) is 6.06. The molecule has 0 radical (unpaired) electrons. The topological polar surface area (TPSA) is 97.0 Å². The maximum atomic E-state index is 13.5. The van der Waals surface area contributed by atoms with E-state index < -0.39 is 21.9 Å². The van der Waals surface area contributed by atoms with E-state index in [2.05, 4.69) is 9.71 Å². The van der Waals surface area contributed by atoms with E-state index in [0.29, 0.717) is 24.0 Å². The van der Waals surface area contributed by atoms with Crippen molar-refractivity contribution in [1.29, 1.82) is 5.26 Å². The Morgan fingerprint density at radius 1 is 1.27 bits per heavy atom. The molecular weight excluding hydrogens is 407 g/mol. The number of nitrogens with one attached hydrogen (secondary N) is 1. The first-order valence-corrected chi connectivity index (χ1v) is 10.8. The lowest BCUT2D eigenvalue weighted by molar-refractivity contribution is 0.408. The molecule has 156 valence electrons. The maximum Gasteiger partial charge on any atom is 0.302 e. The van der Waals surface area contributed by atoms with Gasteiger partial charge in [-0.2, -0.15) is 5.26 Å². The lowest BCUT2D eigenvalue weighted by Gasteiger charge is -2.17. The van der Waals surface area contributed by atoms with Gasteiger partial charge < -0.3 is 4.74 Å². The smallest absolute Gasteiger partial charge is 0.302 e. The van der Waals surface area contributed by atoms with Gasteiger partial charge >= 0.3 is 6.01 Å². The van der Waals surface area contributed by atoms with Crippen molar-refractivity contribution in [3.8, 4) is 17.8 Å². The summed E-state index contributed by atoms with van der Waals surface area (Å²) in [6, 6.07) is 11.9. The van der Waals surface area contributed by atoms with Gasteiger partial charge in [-0.1, -0.05) is 17.7 Å². The van der Waals surface area contributed by atoms with Gasteiger partial charge in [0, 0.05) is 6.54 Å². The van der Waals surface area contributed by atoms with Crippen molar-refractivity contribution in [2.24, 2.45) is 0 Å². The van der Waals surface area contributed by atoms with Gasteiger partial charge in [-0.3, -0.25) is 4.57 Å². The molecule has 0 fully saturated rings. The van der Waals surface area contributed by atoms with Gasteiger partial charge in [0.25, 0.3) is 0 Å². The molecule has 0 spiro atoms. The van der Waals surface area contributed by atoms with E-state index in [1.165, 1.54) is 0 Å². The number of halogens is 1. The summed E-state index contributed by atoms with van der Waals surface area (Å²) in [5, 5.41) is 8.95. The molecule has 0 aliphatic rings. The lowest BCUT2D eigenvalue weighted by Crippen LogP contribution is -2.28. The summed E-state index contributed by atoms with van der Waals surface area (Å²) >= 11 is 0. The normalized spacial score (nSPS) is 12.4. The highest BCUT2D eigenvalue weighted by atomic mass is 32.2. The maximum absolute atomic E-state index is 13.5. The Morgan fingerprint density at radius 2 is 1.97 bits per heavy atom. The average Bonchev–Trinajstić information content (AvgIpc) is 3.12. The van der Waals surface area contributed by atoms with Crippen molar-refractivity contribution in [3.63, 3.8) is 0 Å². The number of nitriles is 1. The van der Waals surface area contributed by atoms with E-state index in [0.717, 1.165) is 23.8 Å². The highest BCUT2D eigenvalue weighted by Gasteiger charge is 2.23. The fourth-order valence-corrected chi connectivity index (χ4v) is 4.19. The van der Waals surface area contributed by atoms with Crippen LogP contribution in [-0.4, -0.2) is 18.0 Å². The summed E-state index contributed by atoms with van der Waals surface area (Å²) in [6.07, 6.45) is 1.55. The third kappa shape index (κ3) is 4.50. The Morgan fingerprint density at radius 3 is 2.60 bits per heavy atom. The van der Waals surface area contributed by atoms with Crippen LogP contribution in [0.1, 0.15) is 36.7 Å². The number of aryl methyl sites for hydroxylation is 1. The first-order valence-electron chi connectivity index (χ1n) is 9.27. The number of aromatic nitrogens is 2. The number of benzene rings is 2. The van der Waals surface area contributed by atoms with Crippen LogP contribution in [0.15, 0.2) is 53.6 Å². The molecule has 1 atom stereocenters. The summed E-state index contributed by atoms with van der Waals surface area (Å²) in [4.78, 5) is 4.09. The molecule has 0 bridgehead atoms. The van der Waals surface area contributed by atoms with Crippen LogP contribution < -0.4 is 9.46 Å². The van der Waals surface area contributed by atoms with E-state index in [4.69, 9.17) is 10.00 Å². The molecular formula is C21H21FN4O3S. The van der Waals surface area contributed by atoms with Crippen molar-refractivity contribution in [2.75, 3.05) is 0 Å². The van der Waals surface area contributed by atoms with Gasteiger partial charge in [-0.15, -0.1) is 0 Å². The number of imidazole rings is 1. The molecule has 0 amide bonds. The minimum Gasteiger partial charge on any atom is -0.426 e. The molecule has 0 saturated carbocycles. The Bertz CT molecular complexity index is 1200. The van der Waals surface area contributed by atoms with Crippen molar-refractivity contribution in [1.82, 2.24) is 14.3 Å². The molecule has 9 heteroatoms. The predicted molar refractivity (Wildman–Crippen MR) is 109 cm³/mol. The summed E-state index contributed by atoms with van der Waals surface area (Å²) < 4.78 is 49.1. The zero-order valence-corrected chi connectivity index (χ0v) is 17.6.